The minimum atomic E-state index is -1.51. The molecule has 0 spiro atoms. The number of hydrogen-bond donors (Lipinski definition) is 4. The molecule has 9 nitrogen and oxygen atoms in total. The Bertz CT molecular complexity index is 945. The van der Waals surface area contributed by atoms with Crippen LogP contribution < -0.4 is 4.74 Å². The van der Waals surface area contributed by atoms with E-state index in [2.05, 4.69) is 0 Å². The van der Waals surface area contributed by atoms with Crippen molar-refractivity contribution in [3.63, 3.8) is 0 Å². The van der Waals surface area contributed by atoms with Gasteiger partial charge >= 0.3 is 0 Å². The van der Waals surface area contributed by atoms with Crippen molar-refractivity contribution in [3.05, 3.63) is 53.0 Å². The molecule has 0 radical (unpaired) electrons. The van der Waals surface area contributed by atoms with E-state index in [0.717, 1.165) is 24.2 Å². The van der Waals surface area contributed by atoms with E-state index < -0.39 is 31.0 Å². The van der Waals surface area contributed by atoms with Crippen molar-refractivity contribution in [1.29, 1.82) is 0 Å². The molecule has 0 saturated heterocycles. The van der Waals surface area contributed by atoms with Crippen LogP contribution in [0.15, 0.2) is 34.7 Å². The van der Waals surface area contributed by atoms with Crippen LogP contribution in [-0.2, 0) is 11.2 Å². The van der Waals surface area contributed by atoms with E-state index in [4.69, 9.17) is 13.9 Å². The molecule has 9 heteroatoms. The first-order valence-electron chi connectivity index (χ1n) is 12.2. The number of furan rings is 1. The highest BCUT2D eigenvalue weighted by atomic mass is 16.5. The van der Waals surface area contributed by atoms with Gasteiger partial charge in [0.1, 0.15) is 41.7 Å². The lowest BCUT2D eigenvalue weighted by Crippen LogP contribution is -2.52. The number of para-hydroxylation sites is 1. The summed E-state index contributed by atoms with van der Waals surface area (Å²) in [5, 5.41) is 41.3. The van der Waals surface area contributed by atoms with Gasteiger partial charge in [-0.15, -0.1) is 0 Å². The quantitative estimate of drug-likeness (QED) is 0.509. The van der Waals surface area contributed by atoms with E-state index in [9.17, 15) is 25.2 Å². The average Bonchev–Trinajstić information content (AvgIpc) is 3.19. The number of fused-ring (bicyclic) bond motifs is 1. The molecule has 2 aromatic rings. The molecule has 35 heavy (non-hydrogen) atoms. The van der Waals surface area contributed by atoms with Crippen LogP contribution in [0.4, 0.5) is 0 Å². The molecule has 0 bridgehead atoms. The standard InChI is InChI=1S/C26H37NO8/c1-17-14-20(18(2)35-17)26(32)27-11-7-13-33-23-10-4-3-8-19(23)9-5-6-12-34-25(22(30)16-28)24(31)21(29)15-27/h3-4,8,10,14,21-22,24-25,28-31H,5-7,9,11-13,15-16H2,1-2H3/t21-,22-,24-,25-/m1/s1. The number of amides is 1. The number of β-amino-alcohol motifs (C(OH)–C–C–N with tert-alkyl or cyclic N) is 1. The predicted molar refractivity (Wildman–Crippen MR) is 128 cm³/mol. The van der Waals surface area contributed by atoms with Gasteiger partial charge in [0.25, 0.3) is 5.91 Å². The minimum Gasteiger partial charge on any atom is -0.493 e. The van der Waals surface area contributed by atoms with Crippen molar-refractivity contribution in [2.45, 2.75) is 63.9 Å². The number of benzene rings is 1. The predicted octanol–water partition coefficient (Wildman–Crippen LogP) is 1.60. The van der Waals surface area contributed by atoms with Gasteiger partial charge in [0.2, 0.25) is 0 Å². The van der Waals surface area contributed by atoms with E-state index in [-0.39, 0.29) is 25.6 Å². The maximum atomic E-state index is 13.3. The molecule has 1 amide bonds. The third kappa shape index (κ3) is 7.28. The van der Waals surface area contributed by atoms with Gasteiger partial charge in [-0.25, -0.2) is 0 Å². The third-order valence-electron chi connectivity index (χ3n) is 6.22. The molecule has 3 rings (SSSR count). The third-order valence-corrected chi connectivity index (χ3v) is 6.22. The van der Waals surface area contributed by atoms with Gasteiger partial charge in [-0.1, -0.05) is 18.2 Å². The summed E-state index contributed by atoms with van der Waals surface area (Å²) in [6.07, 6.45) is -2.79. The van der Waals surface area contributed by atoms with Crippen molar-refractivity contribution in [2.24, 2.45) is 0 Å². The van der Waals surface area contributed by atoms with Gasteiger partial charge in [-0.05, 0) is 57.2 Å². The van der Waals surface area contributed by atoms with Crippen molar-refractivity contribution in [2.75, 3.05) is 32.9 Å². The van der Waals surface area contributed by atoms with Gasteiger partial charge in [-0.2, -0.15) is 0 Å². The zero-order chi connectivity index (χ0) is 25.4. The lowest BCUT2D eigenvalue weighted by atomic mass is 10.0. The molecule has 0 fully saturated rings. The summed E-state index contributed by atoms with van der Waals surface area (Å²) in [4.78, 5) is 14.7. The first-order chi connectivity index (χ1) is 16.8. The number of aliphatic hydroxyl groups is 4. The summed E-state index contributed by atoms with van der Waals surface area (Å²) in [7, 11) is 0. The number of rotatable bonds is 3. The molecule has 4 atom stereocenters. The Labute approximate surface area is 205 Å². The monoisotopic (exact) mass is 491 g/mol. The van der Waals surface area contributed by atoms with Gasteiger partial charge in [-0.3, -0.25) is 4.79 Å². The van der Waals surface area contributed by atoms with E-state index >= 15 is 0 Å². The van der Waals surface area contributed by atoms with Gasteiger partial charge in [0.05, 0.1) is 18.8 Å². The van der Waals surface area contributed by atoms with Crippen LogP contribution in [0.25, 0.3) is 0 Å². The molecule has 0 unspecified atom stereocenters. The van der Waals surface area contributed by atoms with Crippen LogP contribution in [0.5, 0.6) is 5.75 Å². The maximum absolute atomic E-state index is 13.3. The highest BCUT2D eigenvalue weighted by Crippen LogP contribution is 2.22. The number of hydrogen-bond acceptors (Lipinski definition) is 8. The average molecular weight is 492 g/mol. The number of aliphatic hydroxyl groups excluding tert-OH is 4. The Morgan fingerprint density at radius 3 is 2.63 bits per heavy atom. The van der Waals surface area contributed by atoms with E-state index in [1.165, 1.54) is 4.90 Å². The van der Waals surface area contributed by atoms with Crippen molar-refractivity contribution in [1.82, 2.24) is 4.90 Å². The molecule has 1 aliphatic heterocycles. The molecular formula is C26H37NO8. The lowest BCUT2D eigenvalue weighted by Gasteiger charge is -2.33. The van der Waals surface area contributed by atoms with Gasteiger partial charge in [0.15, 0.2) is 0 Å². The number of carbonyl (C=O) groups excluding carboxylic acids is 1. The zero-order valence-corrected chi connectivity index (χ0v) is 20.4. The first-order valence-corrected chi connectivity index (χ1v) is 12.2. The Morgan fingerprint density at radius 1 is 1.14 bits per heavy atom. The summed E-state index contributed by atoms with van der Waals surface area (Å²) in [6.45, 7) is 3.49. The van der Waals surface area contributed by atoms with Crippen molar-refractivity contribution < 1.29 is 39.1 Å². The van der Waals surface area contributed by atoms with Crippen LogP contribution in [0.1, 0.15) is 46.7 Å². The summed E-state index contributed by atoms with van der Waals surface area (Å²) >= 11 is 0. The number of nitrogens with zero attached hydrogens (tertiary/aromatic N) is 1. The molecule has 1 aromatic carbocycles. The SMILES string of the molecule is Cc1cc(C(=O)N2CCCOc3ccccc3CCCCO[C@H]([C@H](O)CO)[C@H](O)[C@H](O)C2)c(C)o1. The normalized spacial score (nSPS) is 23.8. The zero-order valence-electron chi connectivity index (χ0n) is 20.4. The van der Waals surface area contributed by atoms with E-state index in [1.807, 2.05) is 24.3 Å². The Kier molecular flexibility index (Phi) is 10.1. The fourth-order valence-electron chi connectivity index (χ4n) is 4.31. The van der Waals surface area contributed by atoms with Crippen LogP contribution in [0, 0.1) is 13.8 Å². The van der Waals surface area contributed by atoms with Crippen LogP contribution in [0.2, 0.25) is 0 Å². The smallest absolute Gasteiger partial charge is 0.257 e. The molecule has 1 aliphatic rings. The van der Waals surface area contributed by atoms with E-state index in [0.29, 0.717) is 36.5 Å². The van der Waals surface area contributed by atoms with Crippen LogP contribution >= 0.6 is 0 Å². The van der Waals surface area contributed by atoms with E-state index in [1.54, 1.807) is 19.9 Å². The molecular weight excluding hydrogens is 454 g/mol. The highest BCUT2D eigenvalue weighted by Gasteiger charge is 2.35. The minimum absolute atomic E-state index is 0.196. The molecule has 4 N–H and O–H groups in total. The van der Waals surface area contributed by atoms with Crippen LogP contribution in [0.3, 0.4) is 0 Å². The largest absolute Gasteiger partial charge is 0.493 e. The van der Waals surface area contributed by atoms with Gasteiger partial charge < -0.3 is 39.2 Å². The first kappa shape index (κ1) is 27.2. The Balaban J connectivity index is 1.83. The number of aryl methyl sites for hydroxylation is 3. The van der Waals surface area contributed by atoms with Gasteiger partial charge in [0, 0.05) is 19.7 Å². The second kappa shape index (κ2) is 13.0. The van der Waals surface area contributed by atoms with Crippen LogP contribution in [-0.4, -0.2) is 88.6 Å². The molecule has 0 saturated carbocycles. The summed E-state index contributed by atoms with van der Waals surface area (Å²) < 4.78 is 17.2. The summed E-state index contributed by atoms with van der Waals surface area (Å²) in [5.41, 5.74) is 1.45. The maximum Gasteiger partial charge on any atom is 0.257 e. The second-order valence-electron chi connectivity index (χ2n) is 8.99. The summed E-state index contributed by atoms with van der Waals surface area (Å²) in [5.74, 6) is 1.52. The highest BCUT2D eigenvalue weighted by molar-refractivity contribution is 5.95. The second-order valence-corrected chi connectivity index (χ2v) is 8.99. The fraction of sp³-hybridized carbons (Fsp3) is 0.577. The fourth-order valence-corrected chi connectivity index (χ4v) is 4.31. The molecule has 2 heterocycles. The lowest BCUT2D eigenvalue weighted by molar-refractivity contribution is -0.145. The molecule has 0 aliphatic carbocycles. The molecule has 194 valence electrons. The number of ether oxygens (including phenoxy) is 2. The molecule has 1 aromatic heterocycles. The van der Waals surface area contributed by atoms with Crippen molar-refractivity contribution in [3.8, 4) is 5.75 Å². The number of carbonyl (C=O) groups is 1. The summed E-state index contributed by atoms with van der Waals surface area (Å²) in [6, 6.07) is 9.45. The Hall–Kier alpha value is -2.43. The van der Waals surface area contributed by atoms with Crippen molar-refractivity contribution >= 4 is 5.91 Å². The Morgan fingerprint density at radius 2 is 1.91 bits per heavy atom. The topological polar surface area (TPSA) is 133 Å².